The smallest absolute Gasteiger partial charge is 0.357 e. The van der Waals surface area contributed by atoms with Gasteiger partial charge in [-0.05, 0) is 29.2 Å². The Morgan fingerprint density at radius 3 is 2.43 bits per heavy atom. The summed E-state index contributed by atoms with van der Waals surface area (Å²) in [7, 11) is 1.35. The second-order valence-corrected chi connectivity index (χ2v) is 7.49. The van der Waals surface area contributed by atoms with Crippen molar-refractivity contribution in [1.29, 1.82) is 0 Å². The van der Waals surface area contributed by atoms with Crippen LogP contribution >= 0.6 is 11.6 Å². The molecule has 0 spiro atoms. The van der Waals surface area contributed by atoms with Gasteiger partial charge in [-0.15, -0.1) is 0 Å². The zero-order valence-corrected chi connectivity index (χ0v) is 17.9. The fourth-order valence-electron chi connectivity index (χ4n) is 3.51. The number of carboxylic acids is 1. The minimum absolute atomic E-state index is 0.263. The van der Waals surface area contributed by atoms with Crippen LogP contribution < -0.4 is 0 Å². The van der Waals surface area contributed by atoms with Crippen LogP contribution in [0.1, 0.15) is 35.7 Å². The number of aromatic carboxylic acids is 1. The number of methoxy groups -OCH3 is 1. The predicted octanol–water partition coefficient (Wildman–Crippen LogP) is 4.51. The van der Waals surface area contributed by atoms with Gasteiger partial charge in [0.1, 0.15) is 5.16 Å². The number of halogens is 1. The predicted molar refractivity (Wildman–Crippen MR) is 116 cm³/mol. The van der Waals surface area contributed by atoms with E-state index in [1.165, 1.54) is 7.11 Å². The Balaban J connectivity index is 1.81. The zero-order valence-electron chi connectivity index (χ0n) is 17.1. The second-order valence-electron chi connectivity index (χ2n) is 7.14. The molecule has 6 nitrogen and oxygen atoms in total. The maximum atomic E-state index is 12.3. The Bertz CT molecular complexity index is 956. The molecule has 0 radical (unpaired) electrons. The first-order valence-electron chi connectivity index (χ1n) is 9.85. The molecule has 0 saturated heterocycles. The minimum atomic E-state index is -0.957. The number of carbonyl (C=O) groups is 2. The van der Waals surface area contributed by atoms with E-state index in [1.807, 2.05) is 40.1 Å². The second kappa shape index (κ2) is 9.67. The summed E-state index contributed by atoms with van der Waals surface area (Å²) < 4.78 is 4.93. The van der Waals surface area contributed by atoms with Gasteiger partial charge in [0.25, 0.3) is 0 Å². The van der Waals surface area contributed by atoms with Crippen molar-refractivity contribution in [3.05, 3.63) is 70.5 Å². The summed E-state index contributed by atoms with van der Waals surface area (Å²) in [6, 6.07) is 14.6. The number of hydrogen-bond acceptors (Lipinski definition) is 5. The first-order chi connectivity index (χ1) is 14.5. The lowest BCUT2D eigenvalue weighted by Gasteiger charge is -2.23. The molecule has 2 aromatic rings. The molecule has 1 aliphatic heterocycles. The Labute approximate surface area is 181 Å². The van der Waals surface area contributed by atoms with Crippen LogP contribution in [0.15, 0.2) is 59.4 Å². The van der Waals surface area contributed by atoms with Crippen LogP contribution in [0.4, 0.5) is 0 Å². The van der Waals surface area contributed by atoms with E-state index in [-0.39, 0.29) is 5.56 Å². The van der Waals surface area contributed by atoms with Crippen LogP contribution in [0, 0.1) is 0 Å². The van der Waals surface area contributed by atoms with Crippen molar-refractivity contribution in [2.75, 3.05) is 20.3 Å². The fraction of sp³-hybridized carbons (Fsp3) is 0.304. The molecule has 0 amide bonds. The number of rotatable bonds is 8. The first-order valence-corrected chi connectivity index (χ1v) is 10.2. The molecule has 0 fully saturated rings. The van der Waals surface area contributed by atoms with Crippen molar-refractivity contribution in [3.8, 4) is 11.1 Å². The molecule has 0 unspecified atom stereocenters. The normalized spacial score (nSPS) is 13.7. The Morgan fingerprint density at radius 1 is 1.10 bits per heavy atom. The Kier molecular flexibility index (Phi) is 7.00. The summed E-state index contributed by atoms with van der Waals surface area (Å²) in [5.41, 5.74) is 3.11. The van der Waals surface area contributed by atoms with Crippen LogP contribution in [-0.2, 0) is 16.1 Å². The lowest BCUT2D eigenvalue weighted by Crippen LogP contribution is -2.29. The average Bonchev–Trinajstić information content (AvgIpc) is 3.07. The summed E-state index contributed by atoms with van der Waals surface area (Å²) >= 11 is 6.47. The van der Waals surface area contributed by atoms with Gasteiger partial charge in [0.15, 0.2) is 5.70 Å². The summed E-state index contributed by atoms with van der Waals surface area (Å²) in [6.45, 7) is 3.89. The molecule has 30 heavy (non-hydrogen) atoms. The van der Waals surface area contributed by atoms with Crippen LogP contribution in [0.25, 0.3) is 11.1 Å². The van der Waals surface area contributed by atoms with Crippen molar-refractivity contribution in [2.24, 2.45) is 0 Å². The number of nitrogens with zero attached hydrogens (tertiary/aromatic N) is 2. The van der Waals surface area contributed by atoms with Gasteiger partial charge in [0.2, 0.25) is 0 Å². The Hall–Kier alpha value is -2.99. The van der Waals surface area contributed by atoms with Crippen molar-refractivity contribution in [3.63, 3.8) is 0 Å². The number of hydrogen-bond donors (Lipinski definition) is 1. The van der Waals surface area contributed by atoms with Crippen LogP contribution in [0.5, 0.6) is 0 Å². The molecule has 3 rings (SSSR count). The van der Waals surface area contributed by atoms with E-state index in [4.69, 9.17) is 16.3 Å². The summed E-state index contributed by atoms with van der Waals surface area (Å²) in [5.74, 6) is -1.41. The summed E-state index contributed by atoms with van der Waals surface area (Å²) in [6.07, 6.45) is 2.02. The third-order valence-electron chi connectivity index (χ3n) is 5.09. The van der Waals surface area contributed by atoms with Gasteiger partial charge in [-0.1, -0.05) is 67.4 Å². The first kappa shape index (κ1) is 21.7. The molecule has 2 aromatic carbocycles. The van der Waals surface area contributed by atoms with Crippen molar-refractivity contribution in [2.45, 2.75) is 26.3 Å². The SMILES string of the molecule is CCCCN1CN(Cc2ccc(-c3ccccc3C(=O)O)cc2)C(C(=O)OC)=C1Cl. The maximum absolute atomic E-state index is 12.3. The van der Waals surface area contributed by atoms with E-state index in [0.717, 1.165) is 30.5 Å². The third kappa shape index (κ3) is 4.60. The molecule has 158 valence electrons. The molecule has 1 heterocycles. The third-order valence-corrected chi connectivity index (χ3v) is 5.50. The van der Waals surface area contributed by atoms with E-state index in [2.05, 4.69) is 6.92 Å². The standard InChI is InChI=1S/C23H25ClN2O4/c1-3-4-13-25-15-26(20(21(25)24)23(29)30-2)14-16-9-11-17(12-10-16)18-7-5-6-8-19(18)22(27)28/h5-12H,3-4,13-15H2,1-2H3,(H,27,28). The largest absolute Gasteiger partial charge is 0.478 e. The van der Waals surface area contributed by atoms with Gasteiger partial charge >= 0.3 is 11.9 Å². The monoisotopic (exact) mass is 428 g/mol. The molecule has 0 aromatic heterocycles. The highest BCUT2D eigenvalue weighted by atomic mass is 35.5. The molecule has 0 atom stereocenters. The summed E-state index contributed by atoms with van der Waals surface area (Å²) in [4.78, 5) is 27.7. The molecule has 1 N–H and O–H groups in total. The van der Waals surface area contributed by atoms with Crippen LogP contribution in [0.3, 0.4) is 0 Å². The van der Waals surface area contributed by atoms with Crippen LogP contribution in [-0.4, -0.2) is 47.2 Å². The maximum Gasteiger partial charge on any atom is 0.357 e. The van der Waals surface area contributed by atoms with E-state index in [0.29, 0.717) is 29.6 Å². The highest BCUT2D eigenvalue weighted by Crippen LogP contribution is 2.30. The Morgan fingerprint density at radius 2 is 1.80 bits per heavy atom. The van der Waals surface area contributed by atoms with E-state index in [1.54, 1.807) is 18.2 Å². The lowest BCUT2D eigenvalue weighted by molar-refractivity contribution is -0.137. The highest BCUT2D eigenvalue weighted by Gasteiger charge is 2.32. The molecule has 0 saturated carbocycles. The quantitative estimate of drug-likeness (QED) is 0.493. The fourth-order valence-corrected chi connectivity index (χ4v) is 3.84. The molecular formula is C23H25ClN2O4. The number of ether oxygens (including phenoxy) is 1. The van der Waals surface area contributed by atoms with Gasteiger partial charge < -0.3 is 19.6 Å². The lowest BCUT2D eigenvalue weighted by atomic mass is 9.98. The number of unbranched alkanes of at least 4 members (excludes halogenated alkanes) is 1. The van der Waals surface area contributed by atoms with E-state index < -0.39 is 11.9 Å². The van der Waals surface area contributed by atoms with Gasteiger partial charge in [0.05, 0.1) is 19.3 Å². The molecule has 0 bridgehead atoms. The van der Waals surface area contributed by atoms with Crippen molar-refractivity contribution in [1.82, 2.24) is 9.80 Å². The number of carboxylic acid groups (broad SMARTS) is 1. The minimum Gasteiger partial charge on any atom is -0.478 e. The molecule has 7 heteroatoms. The van der Waals surface area contributed by atoms with Crippen molar-refractivity contribution < 1.29 is 19.4 Å². The van der Waals surface area contributed by atoms with Gasteiger partial charge in [-0.2, -0.15) is 0 Å². The van der Waals surface area contributed by atoms with Gasteiger partial charge in [-0.3, -0.25) is 0 Å². The number of carbonyl (C=O) groups excluding carboxylic acids is 1. The zero-order chi connectivity index (χ0) is 21.7. The number of esters is 1. The topological polar surface area (TPSA) is 70.1 Å². The molecule has 0 aliphatic carbocycles. The molecule has 1 aliphatic rings. The highest BCUT2D eigenvalue weighted by molar-refractivity contribution is 6.31. The van der Waals surface area contributed by atoms with Gasteiger partial charge in [-0.25, -0.2) is 9.59 Å². The van der Waals surface area contributed by atoms with Crippen LogP contribution in [0.2, 0.25) is 0 Å². The van der Waals surface area contributed by atoms with Gasteiger partial charge in [0, 0.05) is 13.1 Å². The average molecular weight is 429 g/mol. The van der Waals surface area contributed by atoms with Crippen molar-refractivity contribution >= 4 is 23.5 Å². The van der Waals surface area contributed by atoms with E-state index >= 15 is 0 Å². The summed E-state index contributed by atoms with van der Waals surface area (Å²) in [5, 5.41) is 9.83. The van der Waals surface area contributed by atoms with E-state index in [9.17, 15) is 14.7 Å². The molecular weight excluding hydrogens is 404 g/mol. The number of benzene rings is 2.